The molecule has 0 aromatic rings. The summed E-state index contributed by atoms with van der Waals surface area (Å²) in [4.78, 5) is 10.9. The van der Waals surface area contributed by atoms with E-state index in [1.54, 1.807) is 6.92 Å². The lowest BCUT2D eigenvalue weighted by atomic mass is 9.96. The van der Waals surface area contributed by atoms with Crippen molar-refractivity contribution in [2.75, 3.05) is 6.61 Å². The van der Waals surface area contributed by atoms with Gasteiger partial charge in [0.25, 0.3) is 0 Å². The van der Waals surface area contributed by atoms with Gasteiger partial charge in [-0.15, -0.1) is 0 Å². The highest BCUT2D eigenvalue weighted by molar-refractivity contribution is 5.69. The molecule has 0 radical (unpaired) electrons. The van der Waals surface area contributed by atoms with E-state index in [0.29, 0.717) is 6.42 Å². The SMILES string of the molecule is CCCCCC(F)C(F)(F)C(F)(F)C(F)(F)C(F)(F)OC(=O)CCCO. The van der Waals surface area contributed by atoms with Gasteiger partial charge in [0.05, 0.1) is 0 Å². The molecule has 1 N–H and O–H groups in total. The molecule has 3 nitrogen and oxygen atoms in total. The van der Waals surface area contributed by atoms with Crippen molar-refractivity contribution >= 4 is 5.97 Å². The monoisotopic (exact) mass is 406 g/mol. The fourth-order valence-electron chi connectivity index (χ4n) is 1.83. The van der Waals surface area contributed by atoms with Gasteiger partial charge in [-0.25, -0.2) is 4.39 Å². The van der Waals surface area contributed by atoms with Crippen molar-refractivity contribution in [3.05, 3.63) is 0 Å². The molecule has 0 aromatic heterocycles. The standard InChI is InChI=1S/C14H19F9O3/c1-2-3-4-6-9(15)11(16,17)12(18,19)13(20,21)14(22,23)26-10(25)7-5-8-24/h9,24H,2-8H2,1H3. The molecule has 0 fully saturated rings. The first-order valence-electron chi connectivity index (χ1n) is 7.67. The summed E-state index contributed by atoms with van der Waals surface area (Å²) in [7, 11) is 0. The van der Waals surface area contributed by atoms with Crippen molar-refractivity contribution in [3.63, 3.8) is 0 Å². The molecule has 0 aliphatic heterocycles. The third-order valence-corrected chi connectivity index (χ3v) is 3.41. The maximum atomic E-state index is 13.5. The number of aliphatic hydroxyl groups is 1. The van der Waals surface area contributed by atoms with Gasteiger partial charge in [-0.1, -0.05) is 26.2 Å². The summed E-state index contributed by atoms with van der Waals surface area (Å²) >= 11 is 0. The fourth-order valence-corrected chi connectivity index (χ4v) is 1.83. The average Bonchev–Trinajstić information content (AvgIpc) is 2.51. The molecule has 0 aromatic carbocycles. The van der Waals surface area contributed by atoms with E-state index in [9.17, 15) is 44.3 Å². The van der Waals surface area contributed by atoms with Gasteiger partial charge in [-0.05, 0) is 12.8 Å². The predicted molar refractivity (Wildman–Crippen MR) is 71.2 cm³/mol. The second-order valence-corrected chi connectivity index (χ2v) is 5.55. The largest absolute Gasteiger partial charge is 0.473 e. The van der Waals surface area contributed by atoms with E-state index < -0.39 is 61.9 Å². The molecular weight excluding hydrogens is 387 g/mol. The number of carbonyl (C=O) groups is 1. The van der Waals surface area contributed by atoms with E-state index >= 15 is 0 Å². The number of halogens is 9. The first kappa shape index (κ1) is 24.8. The zero-order valence-corrected chi connectivity index (χ0v) is 13.7. The van der Waals surface area contributed by atoms with E-state index in [0.717, 1.165) is 0 Å². The molecule has 12 heteroatoms. The van der Waals surface area contributed by atoms with Crippen LogP contribution in [0.25, 0.3) is 0 Å². The Kier molecular flexibility index (Phi) is 8.71. The Labute approximate surface area is 143 Å². The van der Waals surface area contributed by atoms with Crippen LogP contribution >= 0.6 is 0 Å². The Bertz CT molecular complexity index is 455. The van der Waals surface area contributed by atoms with E-state index in [1.165, 1.54) is 0 Å². The van der Waals surface area contributed by atoms with Crippen molar-refractivity contribution < 1.29 is 54.2 Å². The van der Waals surface area contributed by atoms with Crippen molar-refractivity contribution in [1.29, 1.82) is 0 Å². The summed E-state index contributed by atoms with van der Waals surface area (Å²) in [5, 5.41) is 8.35. The summed E-state index contributed by atoms with van der Waals surface area (Å²) in [6.45, 7) is 0.840. The molecule has 156 valence electrons. The summed E-state index contributed by atoms with van der Waals surface area (Å²) in [5.74, 6) is -22.0. The maximum Gasteiger partial charge on any atom is 0.473 e. The number of aliphatic hydroxyl groups excluding tert-OH is 1. The van der Waals surface area contributed by atoms with Crippen LogP contribution in [0, 0.1) is 0 Å². The molecule has 0 heterocycles. The van der Waals surface area contributed by atoms with E-state index in [1.807, 2.05) is 0 Å². The molecule has 0 aliphatic carbocycles. The first-order chi connectivity index (χ1) is 11.7. The normalized spacial score (nSPS) is 15.0. The number of carbonyl (C=O) groups excluding carboxylic acids is 1. The van der Waals surface area contributed by atoms with Gasteiger partial charge in [0, 0.05) is 13.0 Å². The summed E-state index contributed by atoms with van der Waals surface area (Å²) < 4.78 is 124. The zero-order chi connectivity index (χ0) is 20.8. The molecule has 0 bridgehead atoms. The van der Waals surface area contributed by atoms with Crippen LogP contribution in [-0.4, -0.2) is 47.7 Å². The van der Waals surface area contributed by atoms with Crippen LogP contribution < -0.4 is 0 Å². The van der Waals surface area contributed by atoms with Gasteiger partial charge in [0.15, 0.2) is 6.17 Å². The summed E-state index contributed by atoms with van der Waals surface area (Å²) in [6.07, 6.45) is -12.8. The van der Waals surface area contributed by atoms with E-state index in [2.05, 4.69) is 4.74 Å². The second kappa shape index (κ2) is 9.14. The molecular formula is C14H19F9O3. The minimum atomic E-state index is -6.88. The molecule has 1 atom stereocenters. The number of hydrogen-bond acceptors (Lipinski definition) is 3. The van der Waals surface area contributed by atoms with Crippen LogP contribution in [-0.2, 0) is 9.53 Å². The molecule has 0 amide bonds. The topological polar surface area (TPSA) is 46.5 Å². The number of esters is 1. The minimum Gasteiger partial charge on any atom is -0.396 e. The molecule has 0 rings (SSSR count). The molecule has 0 spiro atoms. The Hall–Kier alpha value is -1.20. The summed E-state index contributed by atoms with van der Waals surface area (Å²) in [6, 6.07) is 0. The molecule has 0 saturated carbocycles. The van der Waals surface area contributed by atoms with Gasteiger partial charge < -0.3 is 9.84 Å². The Morgan fingerprint density at radius 2 is 1.50 bits per heavy atom. The van der Waals surface area contributed by atoms with E-state index in [4.69, 9.17) is 5.11 Å². The zero-order valence-electron chi connectivity index (χ0n) is 13.7. The highest BCUT2D eigenvalue weighted by Gasteiger charge is 2.84. The van der Waals surface area contributed by atoms with Crippen molar-refractivity contribution in [2.24, 2.45) is 0 Å². The van der Waals surface area contributed by atoms with Crippen molar-refractivity contribution in [2.45, 2.75) is 75.5 Å². The van der Waals surface area contributed by atoms with Crippen molar-refractivity contribution in [1.82, 2.24) is 0 Å². The number of unbranched alkanes of at least 4 members (excludes halogenated alkanes) is 2. The molecule has 0 aliphatic rings. The first-order valence-corrected chi connectivity index (χ1v) is 7.67. The third-order valence-electron chi connectivity index (χ3n) is 3.41. The maximum absolute atomic E-state index is 13.5. The van der Waals surface area contributed by atoms with Crippen LogP contribution in [0.2, 0.25) is 0 Å². The predicted octanol–water partition coefficient (Wildman–Crippen LogP) is 4.72. The molecule has 26 heavy (non-hydrogen) atoms. The van der Waals surface area contributed by atoms with Gasteiger partial charge in [0.1, 0.15) is 0 Å². The van der Waals surface area contributed by atoms with Gasteiger partial charge in [0.2, 0.25) is 0 Å². The van der Waals surface area contributed by atoms with Gasteiger partial charge in [-0.2, -0.15) is 35.1 Å². The van der Waals surface area contributed by atoms with E-state index in [-0.39, 0.29) is 12.8 Å². The quantitative estimate of drug-likeness (QED) is 0.290. The summed E-state index contributed by atoms with van der Waals surface area (Å²) in [5.41, 5.74) is 0. The Morgan fingerprint density at radius 1 is 0.962 bits per heavy atom. The van der Waals surface area contributed by atoms with Crippen molar-refractivity contribution in [3.8, 4) is 0 Å². The fraction of sp³-hybridized carbons (Fsp3) is 0.929. The van der Waals surface area contributed by atoms with Gasteiger partial charge >= 0.3 is 29.8 Å². The van der Waals surface area contributed by atoms with Crippen LogP contribution in [0.15, 0.2) is 0 Å². The molecule has 0 saturated heterocycles. The third kappa shape index (κ3) is 5.17. The highest BCUT2D eigenvalue weighted by atomic mass is 19.4. The lowest BCUT2D eigenvalue weighted by molar-refractivity contribution is -0.422. The number of ether oxygens (including phenoxy) is 1. The Morgan fingerprint density at radius 3 is 1.96 bits per heavy atom. The van der Waals surface area contributed by atoms with Crippen LogP contribution in [0.5, 0.6) is 0 Å². The number of hydrogen-bond donors (Lipinski definition) is 1. The van der Waals surface area contributed by atoms with Crippen LogP contribution in [0.3, 0.4) is 0 Å². The lowest BCUT2D eigenvalue weighted by Gasteiger charge is -2.36. The lowest BCUT2D eigenvalue weighted by Crippen LogP contribution is -2.65. The second-order valence-electron chi connectivity index (χ2n) is 5.55. The van der Waals surface area contributed by atoms with Gasteiger partial charge in [-0.3, -0.25) is 4.79 Å². The minimum absolute atomic E-state index is 0.136. The highest BCUT2D eigenvalue weighted by Crippen LogP contribution is 2.54. The Balaban J connectivity index is 5.45. The van der Waals surface area contributed by atoms with Crippen LogP contribution in [0.4, 0.5) is 39.5 Å². The molecule has 1 unspecified atom stereocenters. The van der Waals surface area contributed by atoms with Crippen LogP contribution in [0.1, 0.15) is 45.4 Å². The average molecular weight is 406 g/mol. The number of rotatable bonds is 12. The number of alkyl halides is 9. The smallest absolute Gasteiger partial charge is 0.396 e.